The summed E-state index contributed by atoms with van der Waals surface area (Å²) in [5.74, 6) is 0.0602. The minimum atomic E-state index is 0.0301. The molecular weight excluding hydrogens is 717 g/mol. The van der Waals surface area contributed by atoms with Gasteiger partial charge in [-0.25, -0.2) is 0 Å². The van der Waals surface area contributed by atoms with E-state index in [0.29, 0.717) is 12.8 Å². The molecule has 1 rings (SSSR count). The monoisotopic (exact) mass is 819 g/mol. The Morgan fingerprint density at radius 1 is 0.414 bits per heavy atom. The molecule has 0 unspecified atom stereocenters. The van der Waals surface area contributed by atoms with Gasteiger partial charge in [-0.3, -0.25) is 9.59 Å². The van der Waals surface area contributed by atoms with Crippen LogP contribution in [0.25, 0.3) is 0 Å². The van der Waals surface area contributed by atoms with Crippen molar-refractivity contribution in [1.82, 2.24) is 9.80 Å². The number of carbonyl (C=O) groups is 2. The van der Waals surface area contributed by atoms with Gasteiger partial charge >= 0.3 is 11.9 Å². The van der Waals surface area contributed by atoms with Crippen LogP contribution in [0, 0.1) is 0 Å². The first kappa shape index (κ1) is 54.9. The fourth-order valence-electron chi connectivity index (χ4n) is 8.81. The summed E-state index contributed by atoms with van der Waals surface area (Å²) in [6, 6.07) is 0. The lowest BCUT2D eigenvalue weighted by molar-refractivity contribution is -0.151. The summed E-state index contributed by atoms with van der Waals surface area (Å²) in [4.78, 5) is 31.2. The predicted molar refractivity (Wildman–Crippen MR) is 251 cm³/mol. The van der Waals surface area contributed by atoms with Crippen molar-refractivity contribution >= 4 is 11.9 Å². The molecule has 0 aromatic heterocycles. The van der Waals surface area contributed by atoms with E-state index in [9.17, 15) is 9.59 Å². The molecule has 0 radical (unpaired) electrons. The van der Waals surface area contributed by atoms with E-state index in [1.165, 1.54) is 180 Å². The molecule has 1 fully saturated rings. The lowest BCUT2D eigenvalue weighted by Crippen LogP contribution is -2.35. The van der Waals surface area contributed by atoms with Gasteiger partial charge in [-0.15, -0.1) is 0 Å². The second kappa shape index (κ2) is 42.5. The number of unbranched alkanes of at least 4 members (excludes halogenated alkanes) is 24. The van der Waals surface area contributed by atoms with Gasteiger partial charge in [0, 0.05) is 25.9 Å². The highest BCUT2D eigenvalue weighted by atomic mass is 16.5. The van der Waals surface area contributed by atoms with Gasteiger partial charge in [-0.05, 0) is 116 Å². The van der Waals surface area contributed by atoms with Crippen LogP contribution in [0.3, 0.4) is 0 Å². The zero-order valence-electron chi connectivity index (χ0n) is 39.8. The fraction of sp³-hybridized carbons (Fsp3) is 0.962. The van der Waals surface area contributed by atoms with Crippen molar-refractivity contribution in [2.45, 2.75) is 284 Å². The minimum absolute atomic E-state index is 0.0301. The van der Waals surface area contributed by atoms with Crippen molar-refractivity contribution in [3.05, 3.63) is 0 Å². The molecule has 344 valence electrons. The van der Waals surface area contributed by atoms with Gasteiger partial charge in [0.15, 0.2) is 0 Å². The first-order valence-electron chi connectivity index (χ1n) is 26.4. The average molecular weight is 819 g/mol. The molecule has 0 N–H and O–H groups in total. The van der Waals surface area contributed by atoms with E-state index < -0.39 is 0 Å². The van der Waals surface area contributed by atoms with Crippen molar-refractivity contribution in [3.8, 4) is 0 Å². The Kier molecular flexibility index (Phi) is 40.3. The van der Waals surface area contributed by atoms with Crippen molar-refractivity contribution in [1.29, 1.82) is 0 Å². The summed E-state index contributed by atoms with van der Waals surface area (Å²) in [7, 11) is 0. The van der Waals surface area contributed by atoms with E-state index in [-0.39, 0.29) is 24.1 Å². The smallest absolute Gasteiger partial charge is 0.306 e. The molecule has 0 bridgehead atoms. The van der Waals surface area contributed by atoms with Crippen LogP contribution in [0.4, 0.5) is 0 Å². The van der Waals surface area contributed by atoms with Crippen LogP contribution in [0.15, 0.2) is 0 Å². The summed E-state index contributed by atoms with van der Waals surface area (Å²) < 4.78 is 12.2. The number of rotatable bonds is 45. The zero-order valence-corrected chi connectivity index (χ0v) is 39.8. The van der Waals surface area contributed by atoms with E-state index >= 15 is 0 Å². The average Bonchev–Trinajstić information content (AvgIpc) is 3.75. The van der Waals surface area contributed by atoms with Crippen LogP contribution < -0.4 is 0 Å². The van der Waals surface area contributed by atoms with Crippen LogP contribution in [0.5, 0.6) is 0 Å². The van der Waals surface area contributed by atoms with Crippen molar-refractivity contribution < 1.29 is 19.1 Å². The highest BCUT2D eigenvalue weighted by Crippen LogP contribution is 2.20. The number of nitrogens with zero attached hydrogens (tertiary/aromatic N) is 2. The molecule has 0 atom stereocenters. The molecule has 58 heavy (non-hydrogen) atoms. The third kappa shape index (κ3) is 35.6. The third-order valence-corrected chi connectivity index (χ3v) is 12.8. The lowest BCUT2D eigenvalue weighted by atomic mass is 10.0. The van der Waals surface area contributed by atoms with Gasteiger partial charge in [0.05, 0.1) is 0 Å². The first-order valence-corrected chi connectivity index (χ1v) is 26.4. The van der Waals surface area contributed by atoms with Gasteiger partial charge in [0.2, 0.25) is 0 Å². The van der Waals surface area contributed by atoms with Crippen molar-refractivity contribution in [2.24, 2.45) is 0 Å². The van der Waals surface area contributed by atoms with Gasteiger partial charge < -0.3 is 19.3 Å². The highest BCUT2D eigenvalue weighted by Gasteiger charge is 2.17. The van der Waals surface area contributed by atoms with Crippen LogP contribution in [0.2, 0.25) is 0 Å². The molecule has 1 heterocycles. The Hall–Kier alpha value is -1.14. The molecule has 0 aromatic rings. The molecule has 0 aromatic carbocycles. The van der Waals surface area contributed by atoms with Gasteiger partial charge in [0.1, 0.15) is 12.2 Å². The SMILES string of the molecule is CCCCCCCCC(CCCCCCCC)OC(=O)CCCCCN(CCCCCC(=O)OC(CCCCCCCC)CCCCCCCC)CCN1CCCC1. The first-order chi connectivity index (χ1) is 28.5. The third-order valence-electron chi connectivity index (χ3n) is 12.8. The molecule has 1 aliphatic rings. The van der Waals surface area contributed by atoms with Gasteiger partial charge in [-0.2, -0.15) is 0 Å². The summed E-state index contributed by atoms with van der Waals surface area (Å²) >= 11 is 0. The Balaban J connectivity index is 2.44. The number of hydrogen-bond donors (Lipinski definition) is 0. The lowest BCUT2D eigenvalue weighted by Gasteiger charge is -2.25. The number of esters is 2. The molecule has 6 nitrogen and oxygen atoms in total. The Morgan fingerprint density at radius 2 is 0.724 bits per heavy atom. The summed E-state index contributed by atoms with van der Waals surface area (Å²) in [5.41, 5.74) is 0. The number of likely N-dealkylation sites (tertiary alicyclic amines) is 1. The van der Waals surface area contributed by atoms with E-state index in [0.717, 1.165) is 90.4 Å². The van der Waals surface area contributed by atoms with Crippen LogP contribution in [-0.2, 0) is 19.1 Å². The molecular formula is C52H102N2O4. The Bertz CT molecular complexity index is 785. The van der Waals surface area contributed by atoms with E-state index in [1.54, 1.807) is 0 Å². The Labute approximate surface area is 362 Å². The van der Waals surface area contributed by atoms with Gasteiger partial charge in [-0.1, -0.05) is 169 Å². The fourth-order valence-corrected chi connectivity index (χ4v) is 8.81. The summed E-state index contributed by atoms with van der Waals surface area (Å²) in [5, 5.41) is 0. The number of ether oxygens (including phenoxy) is 2. The molecule has 0 aliphatic carbocycles. The van der Waals surface area contributed by atoms with Crippen molar-refractivity contribution in [3.63, 3.8) is 0 Å². The van der Waals surface area contributed by atoms with E-state index in [2.05, 4.69) is 37.5 Å². The minimum Gasteiger partial charge on any atom is -0.462 e. The van der Waals surface area contributed by atoms with Crippen molar-refractivity contribution in [2.75, 3.05) is 39.3 Å². The second-order valence-corrected chi connectivity index (χ2v) is 18.5. The number of hydrogen-bond acceptors (Lipinski definition) is 6. The zero-order chi connectivity index (χ0) is 42.0. The van der Waals surface area contributed by atoms with Crippen LogP contribution in [-0.4, -0.2) is 73.2 Å². The molecule has 1 saturated heterocycles. The maximum Gasteiger partial charge on any atom is 0.306 e. The highest BCUT2D eigenvalue weighted by molar-refractivity contribution is 5.69. The number of carbonyl (C=O) groups excluding carboxylic acids is 2. The van der Waals surface area contributed by atoms with Crippen LogP contribution >= 0.6 is 0 Å². The molecule has 1 aliphatic heterocycles. The largest absolute Gasteiger partial charge is 0.462 e. The molecule has 6 heteroatoms. The molecule has 0 saturated carbocycles. The Morgan fingerprint density at radius 3 is 1.07 bits per heavy atom. The van der Waals surface area contributed by atoms with Crippen LogP contribution in [0.1, 0.15) is 272 Å². The second-order valence-electron chi connectivity index (χ2n) is 18.5. The standard InChI is InChI=1S/C52H102N2O4/c1-5-9-13-17-21-27-37-49(38-28-22-18-14-10-6-2)57-51(55)41-31-25-33-43-53(47-48-54-45-35-36-46-54)44-34-26-32-42-52(56)58-50(39-29-23-19-15-11-7-3)40-30-24-20-16-12-8-4/h49-50H,5-48H2,1-4H3. The maximum absolute atomic E-state index is 13.0. The maximum atomic E-state index is 13.0. The van der Waals surface area contributed by atoms with E-state index in [4.69, 9.17) is 9.47 Å². The predicted octanol–water partition coefficient (Wildman–Crippen LogP) is 15.3. The normalized spacial score (nSPS) is 13.4. The topological polar surface area (TPSA) is 59.1 Å². The van der Waals surface area contributed by atoms with E-state index in [1.807, 2.05) is 0 Å². The molecule has 0 spiro atoms. The molecule has 0 amide bonds. The van der Waals surface area contributed by atoms with Gasteiger partial charge in [0.25, 0.3) is 0 Å². The summed E-state index contributed by atoms with van der Waals surface area (Å²) in [6.07, 6.45) is 45.4. The summed E-state index contributed by atoms with van der Waals surface area (Å²) in [6.45, 7) is 16.1. The quantitative estimate of drug-likeness (QED) is 0.0451.